The quantitative estimate of drug-likeness (QED) is 0.602. The largest absolute Gasteiger partial charge is 0.382 e. The van der Waals surface area contributed by atoms with Gasteiger partial charge in [0.15, 0.2) is 0 Å². The normalized spacial score (nSPS) is 28.4. The van der Waals surface area contributed by atoms with Crippen LogP contribution in [0.2, 0.25) is 0 Å². The van der Waals surface area contributed by atoms with Crippen LogP contribution in [0, 0.1) is 23.2 Å². The number of aromatic nitrogens is 1. The van der Waals surface area contributed by atoms with Gasteiger partial charge in [-0.15, -0.1) is 0 Å². The molecule has 3 saturated heterocycles. The summed E-state index contributed by atoms with van der Waals surface area (Å²) in [5, 5.41) is 22.5. The smallest absolute Gasteiger partial charge is 0.131 e. The third-order valence-electron chi connectivity index (χ3n) is 7.97. The Bertz CT molecular complexity index is 1130. The molecule has 3 aliphatic rings. The molecule has 2 aromatic carbocycles. The topological polar surface area (TPSA) is 56.9 Å². The number of para-hydroxylation sites is 1. The average Bonchev–Trinajstić information content (AvgIpc) is 2.83. The molecule has 158 valence electrons. The minimum Gasteiger partial charge on any atom is -0.382 e. The van der Waals surface area contributed by atoms with Gasteiger partial charge in [-0.2, -0.15) is 5.26 Å². The van der Waals surface area contributed by atoms with Crippen LogP contribution in [0.1, 0.15) is 49.0 Å². The maximum Gasteiger partial charge on any atom is 0.131 e. The van der Waals surface area contributed by atoms with Crippen LogP contribution in [-0.4, -0.2) is 33.7 Å². The van der Waals surface area contributed by atoms with E-state index in [0.717, 1.165) is 58.1 Å². The molecule has 6 rings (SSSR count). The lowest BCUT2D eigenvalue weighted by molar-refractivity contribution is -0.985. The highest BCUT2D eigenvalue weighted by Gasteiger charge is 2.54. The molecule has 0 unspecified atom stereocenters. The highest BCUT2D eigenvalue weighted by atomic mass is 16.3. The molecule has 3 aromatic rings. The van der Waals surface area contributed by atoms with E-state index in [1.54, 1.807) is 0 Å². The molecule has 0 saturated carbocycles. The van der Waals surface area contributed by atoms with E-state index in [0.29, 0.717) is 11.8 Å². The molecule has 5 atom stereocenters. The number of benzene rings is 2. The number of aliphatic hydroxyl groups excluding tert-OH is 1. The van der Waals surface area contributed by atoms with Gasteiger partial charge in [-0.1, -0.05) is 43.3 Å². The molecule has 3 fully saturated rings. The number of piperidine rings is 3. The van der Waals surface area contributed by atoms with E-state index in [1.165, 1.54) is 12.8 Å². The summed E-state index contributed by atoms with van der Waals surface area (Å²) in [6.45, 7) is 5.28. The molecule has 4 heterocycles. The van der Waals surface area contributed by atoms with E-state index in [2.05, 4.69) is 30.1 Å². The van der Waals surface area contributed by atoms with E-state index in [-0.39, 0.29) is 6.04 Å². The summed E-state index contributed by atoms with van der Waals surface area (Å²) in [5.74, 6) is 1.38. The van der Waals surface area contributed by atoms with Crippen molar-refractivity contribution in [2.75, 3.05) is 13.1 Å². The van der Waals surface area contributed by atoms with Crippen LogP contribution in [0.15, 0.2) is 60.8 Å². The number of hydrogen-bond acceptors (Lipinski definition) is 3. The van der Waals surface area contributed by atoms with Gasteiger partial charge < -0.3 is 9.59 Å². The van der Waals surface area contributed by atoms with Crippen LogP contribution in [0.5, 0.6) is 0 Å². The number of hydrogen-bond donors (Lipinski definition) is 1. The summed E-state index contributed by atoms with van der Waals surface area (Å²) in [6.07, 6.45) is 4.73. The molecule has 0 amide bonds. The highest BCUT2D eigenvalue weighted by Crippen LogP contribution is 2.48. The highest BCUT2D eigenvalue weighted by molar-refractivity contribution is 5.82. The van der Waals surface area contributed by atoms with Gasteiger partial charge in [0.2, 0.25) is 0 Å². The lowest BCUT2D eigenvalue weighted by Crippen LogP contribution is -2.67. The fourth-order valence-corrected chi connectivity index (χ4v) is 6.35. The summed E-state index contributed by atoms with van der Waals surface area (Å²) in [4.78, 5) is 4.50. The van der Waals surface area contributed by atoms with Gasteiger partial charge in [0.25, 0.3) is 0 Å². The van der Waals surface area contributed by atoms with Crippen molar-refractivity contribution in [2.24, 2.45) is 11.8 Å². The Morgan fingerprint density at radius 2 is 1.97 bits per heavy atom. The molecule has 1 aromatic heterocycles. The Labute approximate surface area is 184 Å². The minimum absolute atomic E-state index is 0.138. The fourth-order valence-electron chi connectivity index (χ4n) is 6.35. The third-order valence-corrected chi connectivity index (χ3v) is 7.97. The Kier molecular flexibility index (Phi) is 5.25. The Morgan fingerprint density at radius 1 is 1.16 bits per heavy atom. The number of quaternary nitrogens is 1. The molecule has 2 bridgehead atoms. The zero-order valence-electron chi connectivity index (χ0n) is 18.1. The number of aliphatic hydroxyl groups is 1. The molecular formula is C27H30N3O+. The van der Waals surface area contributed by atoms with Gasteiger partial charge in [0, 0.05) is 35.9 Å². The van der Waals surface area contributed by atoms with Crippen LogP contribution in [-0.2, 0) is 6.54 Å². The van der Waals surface area contributed by atoms with Gasteiger partial charge >= 0.3 is 0 Å². The molecule has 1 N–H and O–H groups in total. The second-order valence-electron chi connectivity index (χ2n) is 9.43. The molecule has 3 aliphatic heterocycles. The van der Waals surface area contributed by atoms with Crippen molar-refractivity contribution < 1.29 is 9.59 Å². The van der Waals surface area contributed by atoms with Crippen molar-refractivity contribution in [3.05, 3.63) is 77.5 Å². The molecule has 0 spiro atoms. The molecule has 4 heteroatoms. The number of rotatable bonds is 5. The van der Waals surface area contributed by atoms with Crippen LogP contribution >= 0.6 is 0 Å². The second kappa shape index (κ2) is 8.07. The van der Waals surface area contributed by atoms with Crippen molar-refractivity contribution >= 4 is 10.9 Å². The first-order valence-electron chi connectivity index (χ1n) is 11.5. The van der Waals surface area contributed by atoms with Gasteiger partial charge in [-0.25, -0.2) is 0 Å². The summed E-state index contributed by atoms with van der Waals surface area (Å²) in [5.41, 5.74) is 3.79. The summed E-state index contributed by atoms with van der Waals surface area (Å²) in [6, 6.07) is 20.6. The van der Waals surface area contributed by atoms with Gasteiger partial charge in [0.1, 0.15) is 18.7 Å². The first kappa shape index (κ1) is 20.2. The fraction of sp³-hybridized carbons (Fsp3) is 0.407. The third kappa shape index (κ3) is 3.43. The van der Waals surface area contributed by atoms with Gasteiger partial charge in [0.05, 0.1) is 30.2 Å². The van der Waals surface area contributed by atoms with Crippen molar-refractivity contribution in [1.29, 1.82) is 5.26 Å². The van der Waals surface area contributed by atoms with E-state index in [4.69, 9.17) is 0 Å². The van der Waals surface area contributed by atoms with Crippen LogP contribution in [0.4, 0.5) is 0 Å². The van der Waals surface area contributed by atoms with Gasteiger partial charge in [-0.3, -0.25) is 4.98 Å². The maximum absolute atomic E-state index is 11.8. The van der Waals surface area contributed by atoms with E-state index in [1.807, 2.05) is 48.7 Å². The van der Waals surface area contributed by atoms with Crippen LogP contribution in [0.3, 0.4) is 0 Å². The SMILES string of the molecule is CC[C@H]1C[N@+]2(Cc3ccccc3C#N)CC[C@H]1C[C@@H]2[C@H](O)c1ccnc2ccccc12. The number of fused-ring (bicyclic) bond motifs is 4. The second-order valence-corrected chi connectivity index (χ2v) is 9.43. The van der Waals surface area contributed by atoms with Gasteiger partial charge in [-0.05, 0) is 36.1 Å². The monoisotopic (exact) mass is 412 g/mol. The Morgan fingerprint density at radius 3 is 2.81 bits per heavy atom. The van der Waals surface area contributed by atoms with Crippen molar-refractivity contribution in [1.82, 2.24) is 4.98 Å². The standard InChI is InChI=1S/C27H30N3O/c1-2-19-17-30(18-22-8-4-3-7-21(22)16-28)14-12-20(19)15-26(30)27(31)24-11-13-29-25-10-6-5-9-23(24)25/h3-11,13,19-20,26-27,31H,2,12,14-15,17-18H2,1H3/q+1/t19-,20-,26+,27+,30-/m0/s1. The number of nitrogens with zero attached hydrogens (tertiary/aromatic N) is 3. The van der Waals surface area contributed by atoms with E-state index in [9.17, 15) is 10.4 Å². The number of pyridine rings is 1. The molecular weight excluding hydrogens is 382 g/mol. The van der Waals surface area contributed by atoms with Crippen molar-refractivity contribution in [3.8, 4) is 6.07 Å². The zero-order valence-corrected chi connectivity index (χ0v) is 18.1. The lowest BCUT2D eigenvalue weighted by Gasteiger charge is -2.58. The zero-order chi connectivity index (χ0) is 21.4. The van der Waals surface area contributed by atoms with Crippen LogP contribution < -0.4 is 0 Å². The Balaban J connectivity index is 1.57. The summed E-state index contributed by atoms with van der Waals surface area (Å²) in [7, 11) is 0. The molecule has 31 heavy (non-hydrogen) atoms. The minimum atomic E-state index is -0.539. The van der Waals surface area contributed by atoms with E-state index >= 15 is 0 Å². The Hall–Kier alpha value is -2.74. The van der Waals surface area contributed by atoms with Crippen molar-refractivity contribution in [2.45, 2.75) is 44.9 Å². The lowest BCUT2D eigenvalue weighted by atomic mass is 9.70. The average molecular weight is 413 g/mol. The molecule has 0 aliphatic carbocycles. The first-order chi connectivity index (χ1) is 15.1. The summed E-state index contributed by atoms with van der Waals surface area (Å²) >= 11 is 0. The molecule has 0 radical (unpaired) electrons. The predicted octanol–water partition coefficient (Wildman–Crippen LogP) is 4.98. The summed E-state index contributed by atoms with van der Waals surface area (Å²) < 4.78 is 0.880. The van der Waals surface area contributed by atoms with Crippen molar-refractivity contribution in [3.63, 3.8) is 0 Å². The first-order valence-corrected chi connectivity index (χ1v) is 11.5. The maximum atomic E-state index is 11.8. The van der Waals surface area contributed by atoms with Crippen LogP contribution in [0.25, 0.3) is 10.9 Å². The van der Waals surface area contributed by atoms with E-state index < -0.39 is 6.10 Å². The molecule has 4 nitrogen and oxygen atoms in total. The predicted molar refractivity (Wildman–Crippen MR) is 122 cm³/mol. The number of nitriles is 1.